The summed E-state index contributed by atoms with van der Waals surface area (Å²) < 4.78 is 5.46. The molecule has 1 amide bonds. The van der Waals surface area contributed by atoms with Gasteiger partial charge < -0.3 is 20.5 Å². The predicted octanol–water partition coefficient (Wildman–Crippen LogP) is 1.87. The van der Waals surface area contributed by atoms with Gasteiger partial charge in [-0.15, -0.1) is 12.4 Å². The van der Waals surface area contributed by atoms with E-state index in [4.69, 9.17) is 4.74 Å². The molecule has 1 unspecified atom stereocenters. The Labute approximate surface area is 148 Å². The molecule has 0 aliphatic heterocycles. The maximum absolute atomic E-state index is 11.8. The second kappa shape index (κ2) is 11.5. The van der Waals surface area contributed by atoms with E-state index in [1.54, 1.807) is 12.1 Å². The average Bonchev–Trinajstić information content (AvgIpc) is 2.61. The summed E-state index contributed by atoms with van der Waals surface area (Å²) in [5.74, 6) is 0.641. The van der Waals surface area contributed by atoms with Gasteiger partial charge in [-0.1, -0.05) is 36.4 Å². The van der Waals surface area contributed by atoms with Crippen molar-refractivity contribution in [2.45, 2.75) is 6.10 Å². The van der Waals surface area contributed by atoms with Gasteiger partial charge in [0.2, 0.25) is 0 Å². The molecule has 0 saturated heterocycles. The number of benzene rings is 2. The quantitative estimate of drug-likeness (QED) is 0.604. The number of aliphatic hydroxyl groups excluding tert-OH is 1. The van der Waals surface area contributed by atoms with Crippen LogP contribution in [0.25, 0.3) is 0 Å². The van der Waals surface area contributed by atoms with Crippen LogP contribution in [0.4, 0.5) is 0 Å². The second-order valence-electron chi connectivity index (χ2n) is 5.10. The van der Waals surface area contributed by atoms with E-state index >= 15 is 0 Å². The Hall–Kier alpha value is -2.08. The van der Waals surface area contributed by atoms with E-state index in [1.165, 1.54) is 0 Å². The lowest BCUT2D eigenvalue weighted by Gasteiger charge is -2.13. The van der Waals surface area contributed by atoms with Crippen molar-refractivity contribution in [1.82, 2.24) is 10.6 Å². The molecule has 0 aromatic heterocycles. The number of rotatable bonds is 9. The molecule has 0 radical (unpaired) electrons. The first-order valence-electron chi connectivity index (χ1n) is 7.65. The molecule has 0 spiro atoms. The Morgan fingerprint density at radius 1 is 1.00 bits per heavy atom. The third kappa shape index (κ3) is 7.46. The van der Waals surface area contributed by atoms with Crippen LogP contribution in [-0.4, -0.2) is 43.4 Å². The Morgan fingerprint density at radius 2 is 1.62 bits per heavy atom. The molecule has 0 aliphatic carbocycles. The summed E-state index contributed by atoms with van der Waals surface area (Å²) in [6, 6.07) is 18.4. The summed E-state index contributed by atoms with van der Waals surface area (Å²) in [6.45, 7) is 1.72. The topological polar surface area (TPSA) is 70.6 Å². The standard InChI is InChI=1S/C18H22N2O3.ClH/c21-16(14-23-17-9-5-2-6-10-17)13-19-11-12-20-18(22)15-7-3-1-4-8-15;/h1-10,16,19,21H,11-14H2,(H,20,22);1H. The number of hydrogen-bond acceptors (Lipinski definition) is 4. The average molecular weight is 351 g/mol. The summed E-state index contributed by atoms with van der Waals surface area (Å²) in [6.07, 6.45) is -0.597. The van der Waals surface area contributed by atoms with Gasteiger partial charge in [-0.2, -0.15) is 0 Å². The van der Waals surface area contributed by atoms with E-state index in [9.17, 15) is 9.90 Å². The zero-order valence-corrected chi connectivity index (χ0v) is 14.2. The van der Waals surface area contributed by atoms with Gasteiger partial charge in [0.1, 0.15) is 18.5 Å². The van der Waals surface area contributed by atoms with Crippen molar-refractivity contribution in [2.75, 3.05) is 26.2 Å². The summed E-state index contributed by atoms with van der Waals surface area (Å²) in [5.41, 5.74) is 0.642. The highest BCUT2D eigenvalue weighted by Gasteiger charge is 2.06. The first-order chi connectivity index (χ1) is 11.3. The fourth-order valence-corrected chi connectivity index (χ4v) is 1.99. The fraction of sp³-hybridized carbons (Fsp3) is 0.278. The summed E-state index contributed by atoms with van der Waals surface area (Å²) in [5, 5.41) is 15.7. The first kappa shape index (κ1) is 20.0. The number of amides is 1. The molecule has 0 aliphatic rings. The molecular weight excluding hydrogens is 328 g/mol. The zero-order chi connectivity index (χ0) is 16.3. The Morgan fingerprint density at radius 3 is 2.29 bits per heavy atom. The highest BCUT2D eigenvalue weighted by atomic mass is 35.5. The van der Waals surface area contributed by atoms with Crippen LogP contribution in [0.3, 0.4) is 0 Å². The van der Waals surface area contributed by atoms with Crippen molar-refractivity contribution < 1.29 is 14.6 Å². The molecule has 130 valence electrons. The van der Waals surface area contributed by atoms with Gasteiger partial charge in [0, 0.05) is 25.2 Å². The van der Waals surface area contributed by atoms with Crippen LogP contribution in [0.2, 0.25) is 0 Å². The van der Waals surface area contributed by atoms with E-state index in [0.717, 1.165) is 5.75 Å². The summed E-state index contributed by atoms with van der Waals surface area (Å²) in [4.78, 5) is 11.8. The predicted molar refractivity (Wildman–Crippen MR) is 96.8 cm³/mol. The molecule has 2 aromatic carbocycles. The lowest BCUT2D eigenvalue weighted by molar-refractivity contribution is 0.0950. The van der Waals surface area contributed by atoms with Gasteiger partial charge >= 0.3 is 0 Å². The highest BCUT2D eigenvalue weighted by molar-refractivity contribution is 5.94. The number of para-hydroxylation sites is 1. The second-order valence-corrected chi connectivity index (χ2v) is 5.10. The number of hydrogen-bond donors (Lipinski definition) is 3. The third-order valence-electron chi connectivity index (χ3n) is 3.19. The van der Waals surface area contributed by atoms with Gasteiger partial charge in [0.15, 0.2) is 0 Å². The number of halogens is 1. The Balaban J connectivity index is 0.00000288. The molecule has 5 nitrogen and oxygen atoms in total. The van der Waals surface area contributed by atoms with Gasteiger partial charge in [-0.3, -0.25) is 4.79 Å². The molecule has 2 rings (SSSR count). The van der Waals surface area contributed by atoms with E-state index in [1.807, 2.05) is 48.5 Å². The fourth-order valence-electron chi connectivity index (χ4n) is 1.99. The smallest absolute Gasteiger partial charge is 0.251 e. The Bertz CT molecular complexity index is 581. The van der Waals surface area contributed by atoms with E-state index in [-0.39, 0.29) is 24.9 Å². The van der Waals surface area contributed by atoms with E-state index in [0.29, 0.717) is 25.2 Å². The lowest BCUT2D eigenvalue weighted by atomic mass is 10.2. The van der Waals surface area contributed by atoms with Gasteiger partial charge in [0.25, 0.3) is 5.91 Å². The molecule has 0 saturated carbocycles. The normalized spacial score (nSPS) is 11.2. The molecule has 6 heteroatoms. The van der Waals surface area contributed by atoms with Crippen LogP contribution in [-0.2, 0) is 0 Å². The van der Waals surface area contributed by atoms with Crippen LogP contribution in [0, 0.1) is 0 Å². The maximum Gasteiger partial charge on any atom is 0.251 e. The number of ether oxygens (including phenoxy) is 1. The van der Waals surface area contributed by atoms with Crippen molar-refractivity contribution >= 4 is 18.3 Å². The number of aliphatic hydroxyl groups is 1. The van der Waals surface area contributed by atoms with Crippen LogP contribution >= 0.6 is 12.4 Å². The zero-order valence-electron chi connectivity index (χ0n) is 13.4. The third-order valence-corrected chi connectivity index (χ3v) is 3.19. The van der Waals surface area contributed by atoms with Crippen molar-refractivity contribution in [2.24, 2.45) is 0 Å². The molecule has 0 bridgehead atoms. The number of carbonyl (C=O) groups excluding carboxylic acids is 1. The minimum atomic E-state index is -0.597. The van der Waals surface area contributed by atoms with Crippen LogP contribution < -0.4 is 15.4 Å². The molecule has 1 atom stereocenters. The van der Waals surface area contributed by atoms with Crippen LogP contribution in [0.1, 0.15) is 10.4 Å². The van der Waals surface area contributed by atoms with Crippen molar-refractivity contribution in [3.05, 3.63) is 66.2 Å². The highest BCUT2D eigenvalue weighted by Crippen LogP contribution is 2.08. The monoisotopic (exact) mass is 350 g/mol. The van der Waals surface area contributed by atoms with Crippen molar-refractivity contribution in [3.8, 4) is 5.75 Å². The van der Waals surface area contributed by atoms with Gasteiger partial charge in [0.05, 0.1) is 0 Å². The minimum Gasteiger partial charge on any atom is -0.491 e. The van der Waals surface area contributed by atoms with E-state index in [2.05, 4.69) is 10.6 Å². The van der Waals surface area contributed by atoms with Gasteiger partial charge in [-0.05, 0) is 24.3 Å². The number of nitrogens with one attached hydrogen (secondary N) is 2. The maximum atomic E-state index is 11.8. The van der Waals surface area contributed by atoms with E-state index < -0.39 is 6.10 Å². The first-order valence-corrected chi connectivity index (χ1v) is 7.65. The van der Waals surface area contributed by atoms with Crippen molar-refractivity contribution in [1.29, 1.82) is 0 Å². The lowest BCUT2D eigenvalue weighted by Crippen LogP contribution is -2.37. The summed E-state index contributed by atoms with van der Waals surface area (Å²) in [7, 11) is 0. The minimum absolute atomic E-state index is 0. The molecule has 0 heterocycles. The van der Waals surface area contributed by atoms with Crippen molar-refractivity contribution in [3.63, 3.8) is 0 Å². The summed E-state index contributed by atoms with van der Waals surface area (Å²) >= 11 is 0. The number of carbonyl (C=O) groups is 1. The Kier molecular flexibility index (Phi) is 9.53. The van der Waals surface area contributed by atoms with Gasteiger partial charge in [-0.25, -0.2) is 0 Å². The SMILES string of the molecule is Cl.O=C(NCCNCC(O)COc1ccccc1)c1ccccc1. The molecule has 3 N–H and O–H groups in total. The molecule has 0 fully saturated rings. The molecule has 2 aromatic rings. The largest absolute Gasteiger partial charge is 0.491 e. The molecular formula is C18H23ClN2O3. The molecule has 24 heavy (non-hydrogen) atoms. The van der Waals surface area contributed by atoms with Crippen LogP contribution in [0.5, 0.6) is 5.75 Å². The van der Waals surface area contributed by atoms with Crippen LogP contribution in [0.15, 0.2) is 60.7 Å².